The Labute approximate surface area is 155 Å². The van der Waals surface area contributed by atoms with Crippen LogP contribution in [0, 0.1) is 5.92 Å². The third-order valence-electron chi connectivity index (χ3n) is 6.12. The number of hydrogen-bond donors (Lipinski definition) is 0. The van der Waals surface area contributed by atoms with Gasteiger partial charge in [-0.2, -0.15) is 0 Å². The Kier molecular flexibility index (Phi) is 5.14. The van der Waals surface area contributed by atoms with Crippen LogP contribution in [0.5, 0.6) is 5.75 Å². The zero-order valence-electron chi connectivity index (χ0n) is 15.4. The summed E-state index contributed by atoms with van der Waals surface area (Å²) in [4.78, 5) is 29.3. The highest BCUT2D eigenvalue weighted by Crippen LogP contribution is 2.36. The Morgan fingerprint density at radius 3 is 2.46 bits per heavy atom. The molecule has 2 fully saturated rings. The van der Waals surface area contributed by atoms with Gasteiger partial charge >= 0.3 is 0 Å². The summed E-state index contributed by atoms with van der Waals surface area (Å²) in [6.45, 7) is 3.95. The van der Waals surface area contributed by atoms with Crippen LogP contribution in [0.1, 0.15) is 50.0 Å². The van der Waals surface area contributed by atoms with Crippen molar-refractivity contribution in [3.05, 3.63) is 29.8 Å². The molecule has 0 aliphatic carbocycles. The van der Waals surface area contributed by atoms with Gasteiger partial charge in [-0.05, 0) is 49.7 Å². The number of nitrogens with zero attached hydrogens (tertiary/aromatic N) is 2. The number of hydrogen-bond acceptors (Lipinski definition) is 3. The van der Waals surface area contributed by atoms with Gasteiger partial charge in [-0.3, -0.25) is 9.59 Å². The smallest absolute Gasteiger partial charge is 0.225 e. The minimum Gasteiger partial charge on any atom is -0.493 e. The fraction of sp³-hybridized carbons (Fsp3) is 0.619. The lowest BCUT2D eigenvalue weighted by atomic mass is 9.89. The van der Waals surface area contributed by atoms with E-state index in [1.54, 1.807) is 0 Å². The van der Waals surface area contributed by atoms with Gasteiger partial charge in [0.15, 0.2) is 0 Å². The lowest BCUT2D eigenvalue weighted by molar-refractivity contribution is -0.140. The summed E-state index contributed by atoms with van der Waals surface area (Å²) in [5, 5.41) is 0. The first kappa shape index (κ1) is 17.4. The maximum atomic E-state index is 12.8. The fourth-order valence-corrected chi connectivity index (χ4v) is 4.54. The van der Waals surface area contributed by atoms with Crippen molar-refractivity contribution >= 4 is 11.8 Å². The second-order valence-electron chi connectivity index (χ2n) is 7.76. The van der Waals surface area contributed by atoms with E-state index in [1.807, 2.05) is 28.0 Å². The summed E-state index contributed by atoms with van der Waals surface area (Å²) in [5.74, 6) is 1.82. The van der Waals surface area contributed by atoms with Gasteiger partial charge in [0.2, 0.25) is 11.8 Å². The molecule has 1 aromatic rings. The normalized spacial score (nSPS) is 23.5. The Balaban J connectivity index is 1.31. The molecule has 140 valence electrons. The van der Waals surface area contributed by atoms with Crippen molar-refractivity contribution in [2.75, 3.05) is 32.8 Å². The van der Waals surface area contributed by atoms with Gasteiger partial charge < -0.3 is 14.5 Å². The molecule has 2 saturated heterocycles. The van der Waals surface area contributed by atoms with E-state index in [9.17, 15) is 9.59 Å². The first-order valence-corrected chi connectivity index (χ1v) is 10.0. The highest BCUT2D eigenvalue weighted by Gasteiger charge is 2.32. The van der Waals surface area contributed by atoms with E-state index in [0.29, 0.717) is 32.0 Å². The molecule has 1 atom stereocenters. The number of para-hydroxylation sites is 1. The second kappa shape index (κ2) is 7.68. The predicted molar refractivity (Wildman–Crippen MR) is 99.0 cm³/mol. The molecule has 0 aromatic heterocycles. The molecule has 4 rings (SSSR count). The SMILES string of the molecule is O=C(CC1CCOc2ccccc21)N1CCC(C(=O)N2CCCC2)CC1. The lowest BCUT2D eigenvalue weighted by Gasteiger charge is -2.34. The molecular weight excluding hydrogens is 328 g/mol. The number of amides is 2. The van der Waals surface area contributed by atoms with Crippen molar-refractivity contribution in [1.29, 1.82) is 0 Å². The van der Waals surface area contributed by atoms with Gasteiger partial charge in [0.25, 0.3) is 0 Å². The number of carbonyl (C=O) groups is 2. The van der Waals surface area contributed by atoms with E-state index >= 15 is 0 Å². The summed E-state index contributed by atoms with van der Waals surface area (Å²) in [7, 11) is 0. The molecule has 0 bridgehead atoms. The molecule has 3 heterocycles. The molecule has 0 N–H and O–H groups in total. The van der Waals surface area contributed by atoms with Crippen molar-refractivity contribution in [2.24, 2.45) is 5.92 Å². The Hall–Kier alpha value is -2.04. The van der Waals surface area contributed by atoms with Gasteiger partial charge in [-0.15, -0.1) is 0 Å². The number of rotatable bonds is 3. The minimum atomic E-state index is 0.112. The zero-order valence-corrected chi connectivity index (χ0v) is 15.4. The van der Waals surface area contributed by atoms with E-state index < -0.39 is 0 Å². The second-order valence-corrected chi connectivity index (χ2v) is 7.76. The summed E-state index contributed by atoms with van der Waals surface area (Å²) >= 11 is 0. The molecule has 5 nitrogen and oxygen atoms in total. The van der Waals surface area contributed by atoms with Crippen molar-refractivity contribution in [3.8, 4) is 5.75 Å². The van der Waals surface area contributed by atoms with Crippen molar-refractivity contribution < 1.29 is 14.3 Å². The molecule has 3 aliphatic heterocycles. The first-order chi connectivity index (χ1) is 12.7. The molecule has 0 spiro atoms. The summed E-state index contributed by atoms with van der Waals surface area (Å²) in [6.07, 6.45) is 5.33. The minimum absolute atomic E-state index is 0.112. The number of carbonyl (C=O) groups excluding carboxylic acids is 2. The first-order valence-electron chi connectivity index (χ1n) is 10.0. The van der Waals surface area contributed by atoms with E-state index in [-0.39, 0.29) is 17.7 Å². The number of benzene rings is 1. The quantitative estimate of drug-likeness (QED) is 0.837. The summed E-state index contributed by atoms with van der Waals surface area (Å²) in [5.41, 5.74) is 1.16. The fourth-order valence-electron chi connectivity index (χ4n) is 4.54. The average Bonchev–Trinajstić information content (AvgIpc) is 3.23. The molecular formula is C21H28N2O3. The van der Waals surface area contributed by atoms with Crippen LogP contribution in [0.15, 0.2) is 24.3 Å². The molecule has 0 radical (unpaired) electrons. The van der Waals surface area contributed by atoms with Crippen LogP contribution < -0.4 is 4.74 Å². The van der Waals surface area contributed by atoms with Crippen LogP contribution in [-0.4, -0.2) is 54.4 Å². The van der Waals surface area contributed by atoms with E-state index in [2.05, 4.69) is 6.07 Å². The van der Waals surface area contributed by atoms with E-state index in [1.165, 1.54) is 0 Å². The monoisotopic (exact) mass is 356 g/mol. The Bertz CT molecular complexity index is 661. The third kappa shape index (κ3) is 3.57. The molecule has 3 aliphatic rings. The molecule has 5 heteroatoms. The van der Waals surface area contributed by atoms with E-state index in [0.717, 1.165) is 56.5 Å². The maximum absolute atomic E-state index is 12.8. The van der Waals surface area contributed by atoms with Crippen molar-refractivity contribution in [1.82, 2.24) is 9.80 Å². The highest BCUT2D eigenvalue weighted by atomic mass is 16.5. The van der Waals surface area contributed by atoms with Gasteiger partial charge in [-0.25, -0.2) is 0 Å². The zero-order chi connectivity index (χ0) is 17.9. The number of likely N-dealkylation sites (tertiary alicyclic amines) is 2. The number of fused-ring (bicyclic) bond motifs is 1. The molecule has 2 amide bonds. The lowest BCUT2D eigenvalue weighted by Crippen LogP contribution is -2.44. The highest BCUT2D eigenvalue weighted by molar-refractivity contribution is 5.80. The van der Waals surface area contributed by atoms with Crippen LogP contribution in [0.2, 0.25) is 0 Å². The van der Waals surface area contributed by atoms with Gasteiger partial charge in [-0.1, -0.05) is 18.2 Å². The standard InChI is InChI=1S/C21H28N2O3/c24-20(15-17-9-14-26-19-6-2-1-5-18(17)19)22-12-7-16(8-13-22)21(25)23-10-3-4-11-23/h1-2,5-6,16-17H,3-4,7-15H2. The van der Waals surface area contributed by atoms with Crippen LogP contribution in [0.4, 0.5) is 0 Å². The van der Waals surface area contributed by atoms with Crippen LogP contribution >= 0.6 is 0 Å². The van der Waals surface area contributed by atoms with Crippen molar-refractivity contribution in [2.45, 2.75) is 44.4 Å². The average molecular weight is 356 g/mol. The van der Waals surface area contributed by atoms with Crippen LogP contribution in [0.25, 0.3) is 0 Å². The van der Waals surface area contributed by atoms with Gasteiger partial charge in [0, 0.05) is 38.5 Å². The number of piperidine rings is 1. The van der Waals surface area contributed by atoms with Gasteiger partial charge in [0.05, 0.1) is 6.61 Å². The molecule has 1 aromatic carbocycles. The summed E-state index contributed by atoms with van der Waals surface area (Å²) in [6, 6.07) is 8.06. The van der Waals surface area contributed by atoms with Crippen LogP contribution in [0.3, 0.4) is 0 Å². The van der Waals surface area contributed by atoms with E-state index in [4.69, 9.17) is 4.74 Å². The van der Waals surface area contributed by atoms with Gasteiger partial charge in [0.1, 0.15) is 5.75 Å². The topological polar surface area (TPSA) is 49.9 Å². The van der Waals surface area contributed by atoms with Crippen LogP contribution in [-0.2, 0) is 9.59 Å². The largest absolute Gasteiger partial charge is 0.493 e. The maximum Gasteiger partial charge on any atom is 0.225 e. The predicted octanol–water partition coefficient (Wildman–Crippen LogP) is 2.80. The van der Waals surface area contributed by atoms with Crippen molar-refractivity contribution in [3.63, 3.8) is 0 Å². The molecule has 26 heavy (non-hydrogen) atoms. The number of ether oxygens (including phenoxy) is 1. The Morgan fingerprint density at radius 1 is 0.962 bits per heavy atom. The molecule has 1 unspecified atom stereocenters. The molecule has 0 saturated carbocycles. The summed E-state index contributed by atoms with van der Waals surface area (Å²) < 4.78 is 5.70. The Morgan fingerprint density at radius 2 is 1.69 bits per heavy atom. The third-order valence-corrected chi connectivity index (χ3v) is 6.12.